The van der Waals surface area contributed by atoms with E-state index in [2.05, 4.69) is 30.9 Å². The molecule has 1 aromatic carbocycles. The highest BCUT2D eigenvalue weighted by Gasteiger charge is 2.18. The molecular weight excluding hydrogens is 462 g/mol. The van der Waals surface area contributed by atoms with Gasteiger partial charge in [-0.15, -0.1) is 11.3 Å². The Hall–Kier alpha value is -3.10. The topological polar surface area (TPSA) is 93.5 Å². The summed E-state index contributed by atoms with van der Waals surface area (Å²) in [6, 6.07) is 11.2. The van der Waals surface area contributed by atoms with Crippen molar-refractivity contribution in [1.29, 1.82) is 0 Å². The van der Waals surface area contributed by atoms with E-state index in [4.69, 9.17) is 4.74 Å². The van der Waals surface area contributed by atoms with Gasteiger partial charge in [0.2, 0.25) is 0 Å². The Bertz CT molecular complexity index is 1290. The molecule has 35 heavy (non-hydrogen) atoms. The summed E-state index contributed by atoms with van der Waals surface area (Å²) in [5, 5.41) is 3.12. The van der Waals surface area contributed by atoms with Gasteiger partial charge in [0.25, 0.3) is 5.56 Å². The molecule has 7 nitrogen and oxygen atoms in total. The average Bonchev–Trinajstić information content (AvgIpc) is 3.42. The van der Waals surface area contributed by atoms with Crippen molar-refractivity contribution in [2.24, 2.45) is 4.99 Å². The second kappa shape index (κ2) is 11.1. The molecule has 3 aromatic rings. The number of aryl methyl sites for hydroxylation is 1. The van der Waals surface area contributed by atoms with Crippen molar-refractivity contribution in [2.75, 3.05) is 20.3 Å². The molecule has 8 heteroatoms. The fourth-order valence-corrected chi connectivity index (χ4v) is 4.65. The molecule has 0 aliphatic carbocycles. The summed E-state index contributed by atoms with van der Waals surface area (Å²) in [4.78, 5) is 43.5. The van der Waals surface area contributed by atoms with Gasteiger partial charge in [0, 0.05) is 31.5 Å². The molecule has 0 atom stereocenters. The highest BCUT2D eigenvalue weighted by molar-refractivity contribution is 7.16. The number of carbonyl (C=O) groups is 2. The molecule has 0 spiro atoms. The van der Waals surface area contributed by atoms with Crippen LogP contribution in [0.1, 0.15) is 76.7 Å². The average molecular weight is 496 g/mol. The first kappa shape index (κ1) is 26.5. The Morgan fingerprint density at radius 2 is 1.69 bits per heavy atom. The quantitative estimate of drug-likeness (QED) is 0.240. The molecule has 0 saturated carbocycles. The first-order valence-corrected chi connectivity index (χ1v) is 12.4. The molecule has 0 bridgehead atoms. The second-order valence-electron chi connectivity index (χ2n) is 9.56. The molecule has 0 amide bonds. The lowest BCUT2D eigenvalue weighted by atomic mass is 9.87. The standard InChI is InChI=1S/C27H33N3O4S/c1-17(28-16-22(32)24-14-13-23(35-24)21(31)8-7-15-34-6)25-18(2)29-30(26(25)33)20-11-9-19(10-12-20)27(3,4)5/h9-14,29H,7-8,15-16H2,1-6H3. The zero-order valence-corrected chi connectivity index (χ0v) is 22.0. The lowest BCUT2D eigenvalue weighted by Crippen LogP contribution is -2.20. The first-order chi connectivity index (χ1) is 16.5. The van der Waals surface area contributed by atoms with Gasteiger partial charge in [-0.3, -0.25) is 24.5 Å². The number of nitrogens with one attached hydrogen (secondary N) is 1. The van der Waals surface area contributed by atoms with E-state index in [9.17, 15) is 14.4 Å². The van der Waals surface area contributed by atoms with E-state index < -0.39 is 0 Å². The van der Waals surface area contributed by atoms with E-state index in [0.717, 1.165) is 5.69 Å². The highest BCUT2D eigenvalue weighted by Crippen LogP contribution is 2.23. The van der Waals surface area contributed by atoms with Crippen LogP contribution in [0.15, 0.2) is 46.2 Å². The number of ether oxygens (including phenoxy) is 1. The van der Waals surface area contributed by atoms with Crippen LogP contribution in [0.2, 0.25) is 0 Å². The molecular formula is C27H33N3O4S. The van der Waals surface area contributed by atoms with E-state index in [1.165, 1.54) is 21.6 Å². The van der Waals surface area contributed by atoms with Gasteiger partial charge in [0.1, 0.15) is 6.54 Å². The summed E-state index contributed by atoms with van der Waals surface area (Å²) < 4.78 is 6.48. The van der Waals surface area contributed by atoms with Crippen molar-refractivity contribution in [2.45, 2.75) is 52.9 Å². The molecule has 0 aliphatic heterocycles. The number of hydrogen-bond acceptors (Lipinski definition) is 6. The van der Waals surface area contributed by atoms with E-state index in [1.54, 1.807) is 26.2 Å². The number of ketones is 2. The molecule has 3 rings (SSSR count). The molecule has 2 heterocycles. The summed E-state index contributed by atoms with van der Waals surface area (Å²) in [6.45, 7) is 10.4. The molecule has 1 N–H and O–H groups in total. The Morgan fingerprint density at radius 1 is 1.06 bits per heavy atom. The minimum Gasteiger partial charge on any atom is -0.385 e. The largest absolute Gasteiger partial charge is 0.385 e. The third kappa shape index (κ3) is 6.32. The van der Waals surface area contributed by atoms with Crippen LogP contribution in [0.5, 0.6) is 0 Å². The fraction of sp³-hybridized carbons (Fsp3) is 0.407. The Morgan fingerprint density at radius 3 is 2.29 bits per heavy atom. The number of aromatic amines is 1. The lowest BCUT2D eigenvalue weighted by molar-refractivity contribution is 0.0966. The number of rotatable bonds is 10. The van der Waals surface area contributed by atoms with E-state index >= 15 is 0 Å². The second-order valence-corrected chi connectivity index (χ2v) is 10.6. The van der Waals surface area contributed by atoms with Crippen LogP contribution in [0, 0.1) is 6.92 Å². The summed E-state index contributed by atoms with van der Waals surface area (Å²) in [5.74, 6) is -0.179. The normalized spacial score (nSPS) is 12.2. The van der Waals surface area contributed by atoms with Gasteiger partial charge in [-0.1, -0.05) is 32.9 Å². The van der Waals surface area contributed by atoms with Gasteiger partial charge in [0.15, 0.2) is 11.6 Å². The summed E-state index contributed by atoms with van der Waals surface area (Å²) >= 11 is 1.18. The Labute approximate surface area is 209 Å². The van der Waals surface area contributed by atoms with Gasteiger partial charge >= 0.3 is 0 Å². The maximum atomic E-state index is 13.1. The van der Waals surface area contributed by atoms with E-state index in [1.807, 2.05) is 31.2 Å². The number of H-pyrrole nitrogens is 1. The number of hydrogen-bond donors (Lipinski definition) is 1. The van der Waals surface area contributed by atoms with Gasteiger partial charge < -0.3 is 4.74 Å². The maximum absolute atomic E-state index is 13.1. The number of benzene rings is 1. The Balaban J connectivity index is 1.74. The highest BCUT2D eigenvalue weighted by atomic mass is 32.1. The SMILES string of the molecule is COCCCC(=O)c1ccc(C(=O)CN=C(C)c2c(C)[nH]n(-c3ccc(C(C)(C)C)cc3)c2=O)s1. The summed E-state index contributed by atoms with van der Waals surface area (Å²) in [7, 11) is 1.60. The molecule has 0 saturated heterocycles. The Kier molecular flexibility index (Phi) is 8.40. The predicted molar refractivity (Wildman–Crippen MR) is 141 cm³/mol. The summed E-state index contributed by atoms with van der Waals surface area (Å²) in [5.41, 5.74) is 3.37. The van der Waals surface area contributed by atoms with Gasteiger partial charge in [-0.2, -0.15) is 0 Å². The van der Waals surface area contributed by atoms with Crippen LogP contribution >= 0.6 is 11.3 Å². The van der Waals surface area contributed by atoms with Gasteiger partial charge in [-0.25, -0.2) is 4.68 Å². The fourth-order valence-electron chi connectivity index (χ4n) is 3.75. The van der Waals surface area contributed by atoms with Gasteiger partial charge in [-0.05, 0) is 55.5 Å². The van der Waals surface area contributed by atoms with Crippen molar-refractivity contribution in [3.63, 3.8) is 0 Å². The molecule has 0 radical (unpaired) electrons. The number of thiophene rings is 1. The van der Waals surface area contributed by atoms with Crippen LogP contribution in [0.25, 0.3) is 5.69 Å². The molecule has 0 unspecified atom stereocenters. The number of aliphatic imine (C=N–C) groups is 1. The number of aromatic nitrogens is 2. The van der Waals surface area contributed by atoms with Crippen LogP contribution in [-0.4, -0.2) is 47.3 Å². The molecule has 186 valence electrons. The van der Waals surface area contributed by atoms with Crippen molar-refractivity contribution >= 4 is 28.6 Å². The molecule has 0 aliphatic rings. The van der Waals surface area contributed by atoms with E-state index in [0.29, 0.717) is 46.2 Å². The molecule has 0 fully saturated rings. The third-order valence-corrected chi connectivity index (χ3v) is 6.96. The third-order valence-electron chi connectivity index (χ3n) is 5.79. The maximum Gasteiger partial charge on any atom is 0.280 e. The zero-order valence-electron chi connectivity index (χ0n) is 21.2. The zero-order chi connectivity index (χ0) is 25.8. The number of Topliss-reactive ketones (excluding diaryl/α,β-unsaturated/α-hetero) is 2. The molecule has 2 aromatic heterocycles. The van der Waals surface area contributed by atoms with Crippen molar-refractivity contribution < 1.29 is 14.3 Å². The minimum atomic E-state index is -0.209. The van der Waals surface area contributed by atoms with Crippen LogP contribution in [-0.2, 0) is 10.2 Å². The van der Waals surface area contributed by atoms with Gasteiger partial charge in [0.05, 0.1) is 21.0 Å². The van der Waals surface area contributed by atoms with Crippen molar-refractivity contribution in [3.05, 3.63) is 73.3 Å². The predicted octanol–water partition coefficient (Wildman–Crippen LogP) is 5.13. The van der Waals surface area contributed by atoms with Crippen LogP contribution in [0.3, 0.4) is 0 Å². The number of nitrogens with zero attached hydrogens (tertiary/aromatic N) is 2. The van der Waals surface area contributed by atoms with Crippen molar-refractivity contribution in [1.82, 2.24) is 9.78 Å². The monoisotopic (exact) mass is 495 g/mol. The van der Waals surface area contributed by atoms with Crippen LogP contribution < -0.4 is 5.56 Å². The van der Waals surface area contributed by atoms with Crippen LogP contribution in [0.4, 0.5) is 0 Å². The lowest BCUT2D eigenvalue weighted by Gasteiger charge is -2.19. The van der Waals surface area contributed by atoms with E-state index in [-0.39, 0.29) is 29.1 Å². The summed E-state index contributed by atoms with van der Waals surface area (Å²) in [6.07, 6.45) is 1.03. The smallest absolute Gasteiger partial charge is 0.280 e. The van der Waals surface area contributed by atoms with Crippen molar-refractivity contribution in [3.8, 4) is 5.69 Å². The number of carbonyl (C=O) groups excluding carboxylic acids is 2. The number of methoxy groups -OCH3 is 1. The minimum absolute atomic E-state index is 0.00446. The first-order valence-electron chi connectivity index (χ1n) is 11.6.